The molecule has 3 N–H and O–H groups in total. The number of carbonyl (C=O) groups is 1. The maximum atomic E-state index is 11.8. The molecule has 0 radical (unpaired) electrons. The first-order chi connectivity index (χ1) is 9.16. The predicted octanol–water partition coefficient (Wildman–Crippen LogP) is 0.521. The van der Waals surface area contributed by atoms with E-state index >= 15 is 0 Å². The third-order valence-electron chi connectivity index (χ3n) is 2.88. The summed E-state index contributed by atoms with van der Waals surface area (Å²) in [6.45, 7) is 0.358. The highest BCUT2D eigenvalue weighted by Crippen LogP contribution is 2.12. The van der Waals surface area contributed by atoms with Crippen LogP contribution in [0.15, 0.2) is 36.7 Å². The zero-order valence-electron chi connectivity index (χ0n) is 10.8. The van der Waals surface area contributed by atoms with Gasteiger partial charge in [0, 0.05) is 19.5 Å². The molecule has 2 aromatic rings. The number of aromatic nitrogens is 3. The minimum atomic E-state index is -0.291. The number of carbonyl (C=O) groups excluding carboxylic acids is 1. The fraction of sp³-hybridized carbons (Fsp3) is 0.308. The molecule has 1 aromatic heterocycles. The number of amides is 1. The Kier molecular flexibility index (Phi) is 4.25. The first-order valence-electron chi connectivity index (χ1n) is 6.07. The Morgan fingerprint density at radius 1 is 1.42 bits per heavy atom. The largest absolute Gasteiger partial charge is 0.349 e. The standard InChI is InChI=1S/C13H17N5O/c1-18-9-16-17-12(18)8-15-13(19)7-11(14)10-5-3-2-4-6-10/h2-6,9,11H,7-8,14H2,1H3,(H,15,19). The lowest BCUT2D eigenvalue weighted by molar-refractivity contribution is -0.121. The number of nitrogens with two attached hydrogens (primary N) is 1. The molecule has 1 unspecified atom stereocenters. The van der Waals surface area contributed by atoms with Crippen LogP contribution in [-0.2, 0) is 18.4 Å². The van der Waals surface area contributed by atoms with Gasteiger partial charge in [-0.2, -0.15) is 0 Å². The second-order valence-electron chi connectivity index (χ2n) is 4.36. The summed E-state index contributed by atoms with van der Waals surface area (Å²) < 4.78 is 1.76. The van der Waals surface area contributed by atoms with Crippen LogP contribution in [0.1, 0.15) is 23.9 Å². The van der Waals surface area contributed by atoms with Gasteiger partial charge in [0.25, 0.3) is 0 Å². The molecule has 6 nitrogen and oxygen atoms in total. The quantitative estimate of drug-likeness (QED) is 0.819. The lowest BCUT2D eigenvalue weighted by Gasteiger charge is -2.11. The van der Waals surface area contributed by atoms with Crippen LogP contribution in [0, 0.1) is 0 Å². The summed E-state index contributed by atoms with van der Waals surface area (Å²) in [6.07, 6.45) is 1.85. The van der Waals surface area contributed by atoms with Crippen LogP contribution >= 0.6 is 0 Å². The zero-order valence-corrected chi connectivity index (χ0v) is 10.8. The number of hydrogen-bond acceptors (Lipinski definition) is 4. The maximum Gasteiger partial charge on any atom is 0.222 e. The van der Waals surface area contributed by atoms with Gasteiger partial charge in [-0.3, -0.25) is 4.79 Å². The molecular weight excluding hydrogens is 242 g/mol. The van der Waals surface area contributed by atoms with E-state index in [9.17, 15) is 4.79 Å². The summed E-state index contributed by atoms with van der Waals surface area (Å²) in [5.41, 5.74) is 6.94. The molecular formula is C13H17N5O. The first kappa shape index (κ1) is 13.2. The summed E-state index contributed by atoms with van der Waals surface area (Å²) in [7, 11) is 1.83. The summed E-state index contributed by atoms with van der Waals surface area (Å²) in [6, 6.07) is 9.28. The highest BCUT2D eigenvalue weighted by atomic mass is 16.1. The highest BCUT2D eigenvalue weighted by Gasteiger charge is 2.11. The number of nitrogens with zero attached hydrogens (tertiary/aromatic N) is 3. The van der Waals surface area contributed by atoms with E-state index in [0.29, 0.717) is 12.4 Å². The lowest BCUT2D eigenvalue weighted by atomic mass is 10.0. The third kappa shape index (κ3) is 3.62. The van der Waals surface area contributed by atoms with Crippen molar-refractivity contribution in [2.45, 2.75) is 19.0 Å². The van der Waals surface area contributed by atoms with E-state index in [1.165, 1.54) is 0 Å². The van der Waals surface area contributed by atoms with Crippen molar-refractivity contribution in [2.24, 2.45) is 12.8 Å². The van der Waals surface area contributed by atoms with Crippen LogP contribution in [0.2, 0.25) is 0 Å². The van der Waals surface area contributed by atoms with Crippen LogP contribution in [0.25, 0.3) is 0 Å². The van der Waals surface area contributed by atoms with Crippen molar-refractivity contribution in [3.8, 4) is 0 Å². The van der Waals surface area contributed by atoms with Gasteiger partial charge in [0.2, 0.25) is 5.91 Å². The second-order valence-corrected chi connectivity index (χ2v) is 4.36. The van der Waals surface area contributed by atoms with E-state index in [1.54, 1.807) is 10.9 Å². The molecule has 19 heavy (non-hydrogen) atoms. The third-order valence-corrected chi connectivity index (χ3v) is 2.88. The smallest absolute Gasteiger partial charge is 0.222 e. The molecule has 0 aliphatic heterocycles. The number of rotatable bonds is 5. The Morgan fingerprint density at radius 2 is 2.16 bits per heavy atom. The molecule has 0 aliphatic carbocycles. The highest BCUT2D eigenvalue weighted by molar-refractivity contribution is 5.76. The Labute approximate surface area is 111 Å². The average molecular weight is 259 g/mol. The van der Waals surface area contributed by atoms with Gasteiger partial charge in [-0.1, -0.05) is 30.3 Å². The van der Waals surface area contributed by atoms with Crippen molar-refractivity contribution in [3.05, 3.63) is 48.0 Å². The van der Waals surface area contributed by atoms with E-state index in [0.717, 1.165) is 5.56 Å². The molecule has 0 saturated carbocycles. The summed E-state index contributed by atoms with van der Waals surface area (Å²) >= 11 is 0. The van der Waals surface area contributed by atoms with Gasteiger partial charge in [0.15, 0.2) is 5.82 Å². The Balaban J connectivity index is 1.83. The molecule has 1 amide bonds. The Hall–Kier alpha value is -2.21. The van der Waals surface area contributed by atoms with Crippen LogP contribution in [-0.4, -0.2) is 20.7 Å². The van der Waals surface area contributed by atoms with Gasteiger partial charge in [0.1, 0.15) is 6.33 Å². The van der Waals surface area contributed by atoms with Crippen molar-refractivity contribution >= 4 is 5.91 Å². The van der Waals surface area contributed by atoms with Crippen LogP contribution in [0.4, 0.5) is 0 Å². The van der Waals surface area contributed by atoms with Gasteiger partial charge in [-0.15, -0.1) is 10.2 Å². The van der Waals surface area contributed by atoms with E-state index in [4.69, 9.17) is 5.73 Å². The number of benzene rings is 1. The molecule has 0 aliphatic rings. The summed E-state index contributed by atoms with van der Waals surface area (Å²) in [4.78, 5) is 11.8. The van der Waals surface area contributed by atoms with E-state index < -0.39 is 0 Å². The summed E-state index contributed by atoms with van der Waals surface area (Å²) in [5.74, 6) is 0.612. The van der Waals surface area contributed by atoms with Crippen LogP contribution in [0.3, 0.4) is 0 Å². The van der Waals surface area contributed by atoms with Gasteiger partial charge in [0.05, 0.1) is 6.54 Å². The summed E-state index contributed by atoms with van der Waals surface area (Å²) in [5, 5.41) is 10.4. The van der Waals surface area contributed by atoms with Crippen molar-refractivity contribution < 1.29 is 4.79 Å². The predicted molar refractivity (Wildman–Crippen MR) is 70.8 cm³/mol. The molecule has 0 spiro atoms. The van der Waals surface area contributed by atoms with Crippen molar-refractivity contribution in [1.82, 2.24) is 20.1 Å². The molecule has 100 valence electrons. The van der Waals surface area contributed by atoms with Crippen LogP contribution < -0.4 is 11.1 Å². The van der Waals surface area contributed by atoms with Gasteiger partial charge in [-0.25, -0.2) is 0 Å². The molecule has 2 rings (SSSR count). The first-order valence-corrected chi connectivity index (χ1v) is 6.07. The second kappa shape index (κ2) is 6.10. The lowest BCUT2D eigenvalue weighted by Crippen LogP contribution is -2.28. The molecule has 0 bridgehead atoms. The molecule has 1 heterocycles. The molecule has 1 aromatic carbocycles. The minimum absolute atomic E-state index is 0.0978. The fourth-order valence-electron chi connectivity index (χ4n) is 1.73. The number of aryl methyl sites for hydroxylation is 1. The normalized spacial score (nSPS) is 12.1. The van der Waals surface area contributed by atoms with Crippen molar-refractivity contribution in [3.63, 3.8) is 0 Å². The SMILES string of the molecule is Cn1cnnc1CNC(=O)CC(N)c1ccccc1. The monoisotopic (exact) mass is 259 g/mol. The van der Waals surface area contributed by atoms with Gasteiger partial charge < -0.3 is 15.6 Å². The Morgan fingerprint density at radius 3 is 2.79 bits per heavy atom. The average Bonchev–Trinajstić information content (AvgIpc) is 2.83. The Bertz CT molecular complexity index is 537. The molecule has 1 atom stereocenters. The molecule has 0 saturated heterocycles. The molecule has 0 fully saturated rings. The van der Waals surface area contributed by atoms with E-state index in [-0.39, 0.29) is 18.4 Å². The van der Waals surface area contributed by atoms with Crippen molar-refractivity contribution in [2.75, 3.05) is 0 Å². The number of hydrogen-bond donors (Lipinski definition) is 2. The zero-order chi connectivity index (χ0) is 13.7. The van der Waals surface area contributed by atoms with Crippen LogP contribution in [0.5, 0.6) is 0 Å². The van der Waals surface area contributed by atoms with Gasteiger partial charge in [-0.05, 0) is 5.56 Å². The topological polar surface area (TPSA) is 85.8 Å². The van der Waals surface area contributed by atoms with E-state index in [2.05, 4.69) is 15.5 Å². The maximum absolute atomic E-state index is 11.8. The van der Waals surface area contributed by atoms with Crippen molar-refractivity contribution in [1.29, 1.82) is 0 Å². The fourth-order valence-corrected chi connectivity index (χ4v) is 1.73. The number of nitrogens with one attached hydrogen (secondary N) is 1. The molecule has 6 heteroatoms. The van der Waals surface area contributed by atoms with Gasteiger partial charge >= 0.3 is 0 Å². The van der Waals surface area contributed by atoms with E-state index in [1.807, 2.05) is 37.4 Å². The minimum Gasteiger partial charge on any atom is -0.349 e.